The van der Waals surface area contributed by atoms with Crippen molar-refractivity contribution in [3.8, 4) is 0 Å². The molecule has 110 valence electrons. The van der Waals surface area contributed by atoms with Crippen molar-refractivity contribution < 1.29 is 4.79 Å². The van der Waals surface area contributed by atoms with Crippen LogP contribution in [-0.4, -0.2) is 30.4 Å². The summed E-state index contributed by atoms with van der Waals surface area (Å²) in [6.45, 7) is 6.88. The number of hydrogen-bond acceptors (Lipinski definition) is 2. The Morgan fingerprint density at radius 1 is 1.45 bits per heavy atom. The molecule has 1 amide bonds. The molecule has 4 heteroatoms. The molecule has 0 radical (unpaired) electrons. The first-order chi connectivity index (χ1) is 9.65. The van der Waals surface area contributed by atoms with Crippen molar-refractivity contribution in [2.45, 2.75) is 33.1 Å². The van der Waals surface area contributed by atoms with Gasteiger partial charge in [0.05, 0.1) is 5.56 Å². The third kappa shape index (κ3) is 3.45. The Kier molecular flexibility index (Phi) is 5.30. The van der Waals surface area contributed by atoms with Gasteiger partial charge in [-0.3, -0.25) is 4.79 Å². The summed E-state index contributed by atoms with van der Waals surface area (Å²) in [6, 6.07) is 5.51. The van der Waals surface area contributed by atoms with Crippen LogP contribution >= 0.6 is 11.6 Å². The van der Waals surface area contributed by atoms with E-state index in [0.29, 0.717) is 16.5 Å². The fourth-order valence-electron chi connectivity index (χ4n) is 2.63. The highest BCUT2D eigenvalue weighted by molar-refractivity contribution is 6.31. The number of carbonyl (C=O) groups excluding carboxylic acids is 1. The van der Waals surface area contributed by atoms with Crippen molar-refractivity contribution in [3.63, 3.8) is 0 Å². The van der Waals surface area contributed by atoms with Crippen molar-refractivity contribution in [3.05, 3.63) is 28.8 Å². The second kappa shape index (κ2) is 6.98. The molecule has 0 bridgehead atoms. The lowest BCUT2D eigenvalue weighted by molar-refractivity contribution is 0.0788. The number of hydrogen-bond donors (Lipinski definition) is 1. The van der Waals surface area contributed by atoms with Crippen LogP contribution < -0.4 is 5.32 Å². The normalized spacial score (nSPS) is 18.4. The zero-order valence-corrected chi connectivity index (χ0v) is 13.0. The molecule has 1 saturated heterocycles. The summed E-state index contributed by atoms with van der Waals surface area (Å²) >= 11 is 6.06. The quantitative estimate of drug-likeness (QED) is 0.889. The van der Waals surface area contributed by atoms with E-state index in [1.165, 1.54) is 0 Å². The lowest BCUT2D eigenvalue weighted by Crippen LogP contribution is -2.29. The Morgan fingerprint density at radius 2 is 2.25 bits per heavy atom. The number of nitrogens with one attached hydrogen (secondary N) is 1. The van der Waals surface area contributed by atoms with Gasteiger partial charge in [0.25, 0.3) is 5.91 Å². The van der Waals surface area contributed by atoms with E-state index in [2.05, 4.69) is 19.2 Å². The first kappa shape index (κ1) is 15.2. The molecular formula is C16H23ClN2O. The van der Waals surface area contributed by atoms with Gasteiger partial charge in [0.2, 0.25) is 0 Å². The molecule has 1 aromatic carbocycles. The molecule has 0 saturated carbocycles. The van der Waals surface area contributed by atoms with Crippen LogP contribution in [0.5, 0.6) is 0 Å². The highest BCUT2D eigenvalue weighted by Gasteiger charge is 2.27. The molecule has 20 heavy (non-hydrogen) atoms. The molecule has 1 unspecified atom stereocenters. The smallest absolute Gasteiger partial charge is 0.256 e. The first-order valence-corrected chi connectivity index (χ1v) is 7.86. The number of carbonyl (C=O) groups is 1. The highest BCUT2D eigenvalue weighted by Crippen LogP contribution is 2.26. The Morgan fingerprint density at radius 3 is 2.90 bits per heavy atom. The van der Waals surface area contributed by atoms with E-state index in [1.807, 2.05) is 17.0 Å². The van der Waals surface area contributed by atoms with Crippen LogP contribution in [0, 0.1) is 5.92 Å². The molecule has 1 N–H and O–H groups in total. The van der Waals surface area contributed by atoms with Crippen molar-refractivity contribution >= 4 is 23.2 Å². The van der Waals surface area contributed by atoms with E-state index in [0.717, 1.165) is 44.6 Å². The topological polar surface area (TPSA) is 32.3 Å². The van der Waals surface area contributed by atoms with E-state index in [4.69, 9.17) is 11.6 Å². The summed E-state index contributed by atoms with van der Waals surface area (Å²) in [6.07, 6.45) is 3.28. The predicted octanol–water partition coefficient (Wildman–Crippen LogP) is 4.03. The SMILES string of the molecule is CCCNc1ccc(Cl)cc1C(=O)N1CCC(CC)C1. The molecule has 0 aromatic heterocycles. The van der Waals surface area contributed by atoms with Crippen molar-refractivity contribution in [2.75, 3.05) is 25.0 Å². The van der Waals surface area contributed by atoms with Crippen molar-refractivity contribution in [1.29, 1.82) is 0 Å². The van der Waals surface area contributed by atoms with Gasteiger partial charge in [0, 0.05) is 30.3 Å². The van der Waals surface area contributed by atoms with Crippen molar-refractivity contribution in [1.82, 2.24) is 4.90 Å². The summed E-state index contributed by atoms with van der Waals surface area (Å²) in [7, 11) is 0. The maximum atomic E-state index is 12.7. The number of likely N-dealkylation sites (tertiary alicyclic amines) is 1. The lowest BCUT2D eigenvalue weighted by atomic mass is 10.1. The number of benzene rings is 1. The van der Waals surface area contributed by atoms with Crippen LogP contribution in [0.25, 0.3) is 0 Å². The van der Waals surface area contributed by atoms with Crippen LogP contribution in [0.15, 0.2) is 18.2 Å². The van der Waals surface area contributed by atoms with Gasteiger partial charge >= 0.3 is 0 Å². The molecular weight excluding hydrogens is 272 g/mol. The van der Waals surface area contributed by atoms with Crippen LogP contribution in [0.1, 0.15) is 43.5 Å². The van der Waals surface area contributed by atoms with E-state index in [-0.39, 0.29) is 5.91 Å². The Labute approximate surface area is 126 Å². The summed E-state index contributed by atoms with van der Waals surface area (Å²) in [5.41, 5.74) is 1.59. The molecule has 3 nitrogen and oxygen atoms in total. The molecule has 1 aliphatic heterocycles. The molecule has 1 aromatic rings. The highest BCUT2D eigenvalue weighted by atomic mass is 35.5. The summed E-state index contributed by atoms with van der Waals surface area (Å²) in [5.74, 6) is 0.743. The monoisotopic (exact) mass is 294 g/mol. The molecule has 1 fully saturated rings. The summed E-state index contributed by atoms with van der Waals surface area (Å²) in [4.78, 5) is 14.6. The summed E-state index contributed by atoms with van der Waals surface area (Å²) in [5, 5.41) is 3.93. The first-order valence-electron chi connectivity index (χ1n) is 7.48. The molecule has 2 rings (SSSR count). The van der Waals surface area contributed by atoms with Gasteiger partial charge < -0.3 is 10.2 Å². The van der Waals surface area contributed by atoms with E-state index < -0.39 is 0 Å². The van der Waals surface area contributed by atoms with Crippen molar-refractivity contribution in [2.24, 2.45) is 5.92 Å². The van der Waals surface area contributed by atoms with Crippen LogP contribution in [0.3, 0.4) is 0 Å². The molecule has 1 atom stereocenters. The maximum absolute atomic E-state index is 12.7. The predicted molar refractivity (Wildman–Crippen MR) is 84.5 cm³/mol. The number of nitrogens with zero attached hydrogens (tertiary/aromatic N) is 1. The van der Waals surface area contributed by atoms with Crippen LogP contribution in [0.4, 0.5) is 5.69 Å². The van der Waals surface area contributed by atoms with Gasteiger partial charge in [-0.2, -0.15) is 0 Å². The van der Waals surface area contributed by atoms with Crippen LogP contribution in [0.2, 0.25) is 5.02 Å². The van der Waals surface area contributed by atoms with Gasteiger partial charge in [-0.1, -0.05) is 31.9 Å². The molecule has 0 aliphatic carbocycles. The number of rotatable bonds is 5. The average Bonchev–Trinajstić information content (AvgIpc) is 2.94. The Balaban J connectivity index is 2.17. The van der Waals surface area contributed by atoms with Gasteiger partial charge in [0.15, 0.2) is 0 Å². The number of halogens is 1. The number of anilines is 1. The maximum Gasteiger partial charge on any atom is 0.256 e. The fraction of sp³-hybridized carbons (Fsp3) is 0.562. The summed E-state index contributed by atoms with van der Waals surface area (Å²) < 4.78 is 0. The fourth-order valence-corrected chi connectivity index (χ4v) is 2.80. The van der Waals surface area contributed by atoms with Gasteiger partial charge in [-0.05, 0) is 37.0 Å². The minimum atomic E-state index is 0.0991. The average molecular weight is 295 g/mol. The third-order valence-corrected chi connectivity index (χ3v) is 4.16. The minimum absolute atomic E-state index is 0.0991. The molecule has 0 spiro atoms. The van der Waals surface area contributed by atoms with E-state index in [9.17, 15) is 4.79 Å². The molecule has 1 aliphatic rings. The zero-order valence-electron chi connectivity index (χ0n) is 12.3. The minimum Gasteiger partial charge on any atom is -0.384 e. The third-order valence-electron chi connectivity index (χ3n) is 3.93. The van der Waals surface area contributed by atoms with Gasteiger partial charge in [-0.25, -0.2) is 0 Å². The van der Waals surface area contributed by atoms with E-state index in [1.54, 1.807) is 6.07 Å². The lowest BCUT2D eigenvalue weighted by Gasteiger charge is -2.19. The Hall–Kier alpha value is -1.22. The van der Waals surface area contributed by atoms with Gasteiger partial charge in [0.1, 0.15) is 0 Å². The second-order valence-corrected chi connectivity index (χ2v) is 5.87. The largest absolute Gasteiger partial charge is 0.384 e. The molecule has 1 heterocycles. The Bertz CT molecular complexity index is 476. The zero-order chi connectivity index (χ0) is 14.5. The standard InChI is InChI=1S/C16H23ClN2O/c1-3-8-18-15-6-5-13(17)10-14(15)16(20)19-9-7-12(4-2)11-19/h5-6,10,12,18H,3-4,7-9,11H2,1-2H3. The van der Waals surface area contributed by atoms with Gasteiger partial charge in [-0.15, -0.1) is 0 Å². The second-order valence-electron chi connectivity index (χ2n) is 5.43. The van der Waals surface area contributed by atoms with E-state index >= 15 is 0 Å². The van der Waals surface area contributed by atoms with Crippen LogP contribution in [-0.2, 0) is 0 Å². The number of amides is 1.